The molecule has 1 fully saturated rings. The van der Waals surface area contributed by atoms with E-state index in [1.165, 1.54) is 0 Å². The lowest BCUT2D eigenvalue weighted by molar-refractivity contribution is -0.314. The average molecular weight is 198 g/mol. The van der Waals surface area contributed by atoms with Crippen LogP contribution in [0.25, 0.3) is 0 Å². The molecule has 7 heteroatoms. The third-order valence-electron chi connectivity index (χ3n) is 2.18. The molecule has 1 aliphatic carbocycles. The maximum absolute atomic E-state index is 13.0. The van der Waals surface area contributed by atoms with Crippen LogP contribution < -0.4 is 0 Å². The molecule has 1 saturated carbocycles. The van der Waals surface area contributed by atoms with Gasteiger partial charge in [0.25, 0.3) is 5.85 Å². The highest BCUT2D eigenvalue weighted by atomic mass is 19.2. The first-order valence-corrected chi connectivity index (χ1v) is 3.61. The van der Waals surface area contributed by atoms with E-state index in [1.54, 1.807) is 0 Å². The Morgan fingerprint density at radius 1 is 0.769 bits per heavy atom. The minimum absolute atomic E-state index is 1.90. The number of halogens is 1. The highest BCUT2D eigenvalue weighted by Crippen LogP contribution is 2.31. The molecular formula is C6H11FO6. The molecule has 0 aromatic rings. The van der Waals surface area contributed by atoms with Gasteiger partial charge in [-0.2, -0.15) is 0 Å². The van der Waals surface area contributed by atoms with E-state index in [4.69, 9.17) is 30.6 Å². The highest BCUT2D eigenvalue weighted by Gasteiger charge is 2.58. The summed E-state index contributed by atoms with van der Waals surface area (Å²) in [5, 5.41) is 53.2. The largest absolute Gasteiger partial charge is 0.387 e. The summed E-state index contributed by atoms with van der Waals surface area (Å²) in [4.78, 5) is 0. The van der Waals surface area contributed by atoms with E-state index in [0.29, 0.717) is 0 Å². The summed E-state index contributed by atoms with van der Waals surface area (Å²) in [7, 11) is 0. The molecule has 0 unspecified atom stereocenters. The number of rotatable bonds is 0. The van der Waals surface area contributed by atoms with Crippen molar-refractivity contribution in [2.75, 3.05) is 0 Å². The second kappa shape index (κ2) is 3.12. The van der Waals surface area contributed by atoms with Crippen molar-refractivity contribution in [3.8, 4) is 0 Å². The van der Waals surface area contributed by atoms with Crippen molar-refractivity contribution in [3.05, 3.63) is 0 Å². The highest BCUT2D eigenvalue weighted by molar-refractivity contribution is 5.02. The van der Waals surface area contributed by atoms with E-state index in [1.807, 2.05) is 0 Å². The van der Waals surface area contributed by atoms with Crippen molar-refractivity contribution in [3.63, 3.8) is 0 Å². The molecule has 0 bridgehead atoms. The van der Waals surface area contributed by atoms with Crippen LogP contribution in [0.5, 0.6) is 0 Å². The molecule has 78 valence electrons. The van der Waals surface area contributed by atoms with E-state index in [0.717, 1.165) is 0 Å². The lowest BCUT2D eigenvalue weighted by Crippen LogP contribution is -2.68. The lowest BCUT2D eigenvalue weighted by atomic mass is 9.83. The van der Waals surface area contributed by atoms with E-state index >= 15 is 0 Å². The van der Waals surface area contributed by atoms with Crippen LogP contribution >= 0.6 is 0 Å². The molecule has 1 rings (SSSR count). The lowest BCUT2D eigenvalue weighted by Gasteiger charge is -2.42. The fourth-order valence-electron chi connectivity index (χ4n) is 1.23. The molecule has 6 N–H and O–H groups in total. The first-order chi connectivity index (χ1) is 5.80. The molecular weight excluding hydrogens is 187 g/mol. The zero-order chi connectivity index (χ0) is 10.4. The summed E-state index contributed by atoms with van der Waals surface area (Å²) in [6.45, 7) is 0. The van der Waals surface area contributed by atoms with Crippen molar-refractivity contribution in [2.45, 2.75) is 36.4 Å². The molecule has 0 spiro atoms. The molecule has 6 atom stereocenters. The van der Waals surface area contributed by atoms with Gasteiger partial charge >= 0.3 is 0 Å². The zero-order valence-electron chi connectivity index (χ0n) is 6.45. The van der Waals surface area contributed by atoms with Gasteiger partial charge in [-0.15, -0.1) is 0 Å². The summed E-state index contributed by atoms with van der Waals surface area (Å²) in [6, 6.07) is 0. The van der Waals surface area contributed by atoms with Gasteiger partial charge in [-0.1, -0.05) is 0 Å². The van der Waals surface area contributed by atoms with Gasteiger partial charge in [0.05, 0.1) is 0 Å². The molecule has 0 aromatic carbocycles. The molecule has 0 aliphatic heterocycles. The summed E-state index contributed by atoms with van der Waals surface area (Å²) in [5.41, 5.74) is 0. The van der Waals surface area contributed by atoms with Crippen LogP contribution in [0.3, 0.4) is 0 Å². The fourth-order valence-corrected chi connectivity index (χ4v) is 1.23. The molecule has 0 radical (unpaired) electrons. The summed E-state index contributed by atoms with van der Waals surface area (Å²) >= 11 is 0. The second-order valence-electron chi connectivity index (χ2n) is 3.09. The quantitative estimate of drug-likeness (QED) is 0.240. The van der Waals surface area contributed by atoms with Crippen LogP contribution in [0, 0.1) is 0 Å². The molecule has 0 heterocycles. The van der Waals surface area contributed by atoms with E-state index in [-0.39, 0.29) is 0 Å². The Labute approximate surface area is 72.5 Å². The van der Waals surface area contributed by atoms with Crippen LogP contribution in [0.2, 0.25) is 0 Å². The zero-order valence-corrected chi connectivity index (χ0v) is 6.45. The van der Waals surface area contributed by atoms with Crippen LogP contribution in [-0.4, -0.2) is 67.0 Å². The Balaban J connectivity index is 2.93. The number of hydrogen-bond donors (Lipinski definition) is 6. The number of aliphatic hydroxyl groups excluding tert-OH is 5. The summed E-state index contributed by atoms with van der Waals surface area (Å²) in [5.74, 6) is -3.53. The Kier molecular flexibility index (Phi) is 2.59. The van der Waals surface area contributed by atoms with Gasteiger partial charge in [-0.05, 0) is 0 Å². The topological polar surface area (TPSA) is 121 Å². The van der Waals surface area contributed by atoms with Gasteiger partial charge in [0, 0.05) is 0 Å². The first kappa shape index (κ1) is 10.8. The van der Waals surface area contributed by atoms with Gasteiger partial charge < -0.3 is 30.6 Å². The Morgan fingerprint density at radius 3 is 1.38 bits per heavy atom. The molecule has 0 saturated heterocycles. The summed E-state index contributed by atoms with van der Waals surface area (Å²) in [6.07, 6.45) is -10.7. The standard InChI is InChI=1S/C6H11FO6/c7-6(13)4(11)2(9)1(8)3(10)5(6)12/h1-5,8-13H/t1-,2-,3+,4-,5-,6-/m1/s1. The third kappa shape index (κ3) is 1.43. The van der Waals surface area contributed by atoms with Gasteiger partial charge in [0.2, 0.25) is 0 Å². The van der Waals surface area contributed by atoms with Crippen LogP contribution in [0.1, 0.15) is 0 Å². The Bertz CT molecular complexity index is 180. The summed E-state index contributed by atoms with van der Waals surface area (Å²) < 4.78 is 13.0. The fraction of sp³-hybridized carbons (Fsp3) is 1.00. The van der Waals surface area contributed by atoms with E-state index < -0.39 is 36.4 Å². The number of aliphatic hydroxyl groups is 6. The predicted molar refractivity (Wildman–Crippen MR) is 36.1 cm³/mol. The second-order valence-corrected chi connectivity index (χ2v) is 3.09. The van der Waals surface area contributed by atoms with Crippen molar-refractivity contribution in [2.24, 2.45) is 0 Å². The van der Waals surface area contributed by atoms with Gasteiger partial charge in [-0.25, -0.2) is 4.39 Å². The Morgan fingerprint density at radius 2 is 1.08 bits per heavy atom. The van der Waals surface area contributed by atoms with E-state index in [9.17, 15) is 4.39 Å². The van der Waals surface area contributed by atoms with Gasteiger partial charge in [0.15, 0.2) is 0 Å². The first-order valence-electron chi connectivity index (χ1n) is 3.61. The maximum atomic E-state index is 13.0. The van der Waals surface area contributed by atoms with Crippen LogP contribution in [0.15, 0.2) is 0 Å². The molecule has 6 nitrogen and oxygen atoms in total. The number of alkyl halides is 1. The van der Waals surface area contributed by atoms with Gasteiger partial charge in [-0.3, -0.25) is 0 Å². The van der Waals surface area contributed by atoms with Gasteiger partial charge in [0.1, 0.15) is 30.5 Å². The number of hydrogen-bond acceptors (Lipinski definition) is 6. The van der Waals surface area contributed by atoms with E-state index in [2.05, 4.69) is 0 Å². The third-order valence-corrected chi connectivity index (χ3v) is 2.18. The minimum atomic E-state index is -3.53. The normalized spacial score (nSPS) is 57.9. The van der Waals surface area contributed by atoms with Crippen molar-refractivity contribution in [1.29, 1.82) is 0 Å². The molecule has 0 amide bonds. The molecule has 0 aromatic heterocycles. The van der Waals surface area contributed by atoms with Crippen molar-refractivity contribution < 1.29 is 35.0 Å². The van der Waals surface area contributed by atoms with Crippen LogP contribution in [0.4, 0.5) is 4.39 Å². The monoisotopic (exact) mass is 198 g/mol. The molecule has 1 aliphatic rings. The smallest absolute Gasteiger partial charge is 0.264 e. The van der Waals surface area contributed by atoms with Crippen molar-refractivity contribution >= 4 is 0 Å². The average Bonchev–Trinajstić information content (AvgIpc) is 2.09. The predicted octanol–water partition coefficient (Wildman–Crippen LogP) is -3.54. The van der Waals surface area contributed by atoms with Crippen molar-refractivity contribution in [1.82, 2.24) is 0 Å². The SMILES string of the molecule is O[C@@H]1[C@@H](O)[C@@H](O)[C@](O)(F)[C@H](O)[C@H]1O. The Hall–Kier alpha value is -0.310. The molecule has 13 heavy (non-hydrogen) atoms. The van der Waals surface area contributed by atoms with Crippen LogP contribution in [-0.2, 0) is 0 Å². The minimum Gasteiger partial charge on any atom is -0.387 e. The maximum Gasteiger partial charge on any atom is 0.264 e.